The van der Waals surface area contributed by atoms with E-state index in [2.05, 4.69) is 10.6 Å². The number of aryl methyl sites for hydroxylation is 3. The number of anilines is 2. The van der Waals surface area contributed by atoms with Crippen LogP contribution in [0.25, 0.3) is 0 Å². The Labute approximate surface area is 157 Å². The van der Waals surface area contributed by atoms with Gasteiger partial charge in [0.1, 0.15) is 5.75 Å². The Kier molecular flexibility index (Phi) is 6.18. The molecule has 0 aliphatic rings. The van der Waals surface area contributed by atoms with E-state index in [0.717, 1.165) is 5.56 Å². The van der Waals surface area contributed by atoms with Crippen LogP contribution in [0.5, 0.6) is 5.75 Å². The molecule has 7 heteroatoms. The molecule has 27 heavy (non-hydrogen) atoms. The van der Waals surface area contributed by atoms with Crippen molar-refractivity contribution in [2.75, 3.05) is 17.2 Å². The van der Waals surface area contributed by atoms with Gasteiger partial charge in [0.2, 0.25) is 5.91 Å². The summed E-state index contributed by atoms with van der Waals surface area (Å²) in [6.07, 6.45) is 0. The molecule has 7 nitrogen and oxygen atoms in total. The van der Waals surface area contributed by atoms with E-state index in [-0.39, 0.29) is 11.8 Å². The SMILES string of the molecule is CC(=O)Nc1cc(NC(=O)c2cc(C)c(OCC(=O)O)c(C)c2)ccc1C. The molecule has 142 valence electrons. The van der Waals surface area contributed by atoms with Gasteiger partial charge in [-0.2, -0.15) is 0 Å². The van der Waals surface area contributed by atoms with Crippen LogP contribution in [0.15, 0.2) is 30.3 Å². The molecule has 2 aromatic rings. The van der Waals surface area contributed by atoms with Gasteiger partial charge in [-0.15, -0.1) is 0 Å². The van der Waals surface area contributed by atoms with Crippen LogP contribution in [0.4, 0.5) is 11.4 Å². The van der Waals surface area contributed by atoms with Gasteiger partial charge in [0.25, 0.3) is 5.91 Å². The van der Waals surface area contributed by atoms with E-state index >= 15 is 0 Å². The Balaban J connectivity index is 2.21. The van der Waals surface area contributed by atoms with Crippen molar-refractivity contribution in [3.05, 3.63) is 52.6 Å². The molecular formula is C20H22N2O5. The first-order chi connectivity index (χ1) is 12.7. The number of aliphatic carboxylic acids is 1. The summed E-state index contributed by atoms with van der Waals surface area (Å²) in [6, 6.07) is 8.53. The minimum absolute atomic E-state index is 0.190. The summed E-state index contributed by atoms with van der Waals surface area (Å²) in [4.78, 5) is 34.5. The van der Waals surface area contributed by atoms with Crippen LogP contribution < -0.4 is 15.4 Å². The maximum Gasteiger partial charge on any atom is 0.341 e. The average molecular weight is 370 g/mol. The van der Waals surface area contributed by atoms with Crippen molar-refractivity contribution < 1.29 is 24.2 Å². The molecule has 0 aliphatic carbocycles. The molecule has 0 unspecified atom stereocenters. The van der Waals surface area contributed by atoms with Crippen molar-refractivity contribution in [2.45, 2.75) is 27.7 Å². The monoisotopic (exact) mass is 370 g/mol. The van der Waals surface area contributed by atoms with Crippen molar-refractivity contribution in [1.82, 2.24) is 0 Å². The highest BCUT2D eigenvalue weighted by Gasteiger charge is 2.13. The van der Waals surface area contributed by atoms with Gasteiger partial charge in [-0.25, -0.2) is 4.79 Å². The molecule has 0 aromatic heterocycles. The number of ether oxygens (including phenoxy) is 1. The number of hydrogen-bond donors (Lipinski definition) is 3. The molecule has 0 bridgehead atoms. The largest absolute Gasteiger partial charge is 0.481 e. The summed E-state index contributed by atoms with van der Waals surface area (Å²) in [6.45, 7) is 6.34. The van der Waals surface area contributed by atoms with Crippen molar-refractivity contribution >= 4 is 29.2 Å². The minimum Gasteiger partial charge on any atom is -0.481 e. The zero-order chi connectivity index (χ0) is 20.1. The minimum atomic E-state index is -1.06. The normalized spacial score (nSPS) is 10.2. The predicted molar refractivity (Wildman–Crippen MR) is 102 cm³/mol. The molecule has 0 fully saturated rings. The molecule has 0 spiro atoms. The molecule has 0 aliphatic heterocycles. The smallest absolute Gasteiger partial charge is 0.341 e. The Morgan fingerprint density at radius 3 is 2.15 bits per heavy atom. The number of carbonyl (C=O) groups is 3. The topological polar surface area (TPSA) is 105 Å². The average Bonchev–Trinajstić information content (AvgIpc) is 2.56. The number of amides is 2. The van der Waals surface area contributed by atoms with Gasteiger partial charge in [0.05, 0.1) is 0 Å². The molecule has 3 N–H and O–H groups in total. The molecule has 0 radical (unpaired) electrons. The quantitative estimate of drug-likeness (QED) is 0.724. The van der Waals surface area contributed by atoms with E-state index in [4.69, 9.17) is 9.84 Å². The molecule has 2 amide bonds. The molecule has 0 heterocycles. The lowest BCUT2D eigenvalue weighted by atomic mass is 10.0. The summed E-state index contributed by atoms with van der Waals surface area (Å²) >= 11 is 0. The van der Waals surface area contributed by atoms with Crippen LogP contribution in [0.3, 0.4) is 0 Å². The highest BCUT2D eigenvalue weighted by Crippen LogP contribution is 2.26. The van der Waals surface area contributed by atoms with Crippen molar-refractivity contribution in [3.8, 4) is 5.75 Å². The van der Waals surface area contributed by atoms with Crippen molar-refractivity contribution in [3.63, 3.8) is 0 Å². The third-order valence-corrected chi connectivity index (χ3v) is 3.87. The van der Waals surface area contributed by atoms with E-state index in [1.807, 2.05) is 6.92 Å². The van der Waals surface area contributed by atoms with E-state index in [1.54, 1.807) is 44.2 Å². The van der Waals surface area contributed by atoms with Crippen LogP contribution in [0.1, 0.15) is 34.0 Å². The van der Waals surface area contributed by atoms with Crippen molar-refractivity contribution in [2.24, 2.45) is 0 Å². The summed E-state index contributed by atoms with van der Waals surface area (Å²) in [5.41, 5.74) is 3.83. The van der Waals surface area contributed by atoms with E-state index in [1.165, 1.54) is 6.92 Å². The second-order valence-electron chi connectivity index (χ2n) is 6.29. The molecule has 0 saturated heterocycles. The van der Waals surface area contributed by atoms with Gasteiger partial charge in [0, 0.05) is 23.9 Å². The van der Waals surface area contributed by atoms with Crippen molar-refractivity contribution in [1.29, 1.82) is 0 Å². The molecule has 2 aromatic carbocycles. The second kappa shape index (κ2) is 8.35. The summed E-state index contributed by atoms with van der Waals surface area (Å²) < 4.78 is 5.28. The Bertz CT molecular complexity index is 882. The van der Waals surface area contributed by atoms with Gasteiger partial charge in [-0.1, -0.05) is 6.07 Å². The van der Waals surface area contributed by atoms with Crippen LogP contribution in [0, 0.1) is 20.8 Å². The fourth-order valence-corrected chi connectivity index (χ4v) is 2.67. The highest BCUT2D eigenvalue weighted by molar-refractivity contribution is 6.05. The molecular weight excluding hydrogens is 348 g/mol. The molecule has 0 atom stereocenters. The number of hydrogen-bond acceptors (Lipinski definition) is 4. The first-order valence-corrected chi connectivity index (χ1v) is 8.33. The molecule has 2 rings (SSSR count). The highest BCUT2D eigenvalue weighted by atomic mass is 16.5. The Morgan fingerprint density at radius 1 is 0.963 bits per heavy atom. The predicted octanol–water partition coefficient (Wildman–Crippen LogP) is 3.29. The van der Waals surface area contributed by atoms with Crippen LogP contribution in [-0.4, -0.2) is 29.5 Å². The fraction of sp³-hybridized carbons (Fsp3) is 0.250. The third-order valence-electron chi connectivity index (χ3n) is 3.87. The van der Waals surface area contributed by atoms with E-state index in [0.29, 0.717) is 33.8 Å². The van der Waals surface area contributed by atoms with Gasteiger partial charge in [0.15, 0.2) is 6.61 Å². The number of benzene rings is 2. The second-order valence-corrected chi connectivity index (χ2v) is 6.29. The first-order valence-electron chi connectivity index (χ1n) is 8.33. The maximum atomic E-state index is 12.6. The number of rotatable bonds is 6. The summed E-state index contributed by atoms with van der Waals surface area (Å²) in [5.74, 6) is -1.12. The lowest BCUT2D eigenvalue weighted by Crippen LogP contribution is -2.15. The maximum absolute atomic E-state index is 12.6. The third kappa shape index (κ3) is 5.31. The van der Waals surface area contributed by atoms with Gasteiger partial charge >= 0.3 is 5.97 Å². The van der Waals surface area contributed by atoms with Crippen LogP contribution in [0.2, 0.25) is 0 Å². The first kappa shape index (κ1) is 20.0. The number of nitrogens with one attached hydrogen (secondary N) is 2. The lowest BCUT2D eigenvalue weighted by Gasteiger charge is -2.14. The fourth-order valence-electron chi connectivity index (χ4n) is 2.67. The zero-order valence-electron chi connectivity index (χ0n) is 15.7. The number of carbonyl (C=O) groups excluding carboxylic acids is 2. The Hall–Kier alpha value is -3.35. The summed E-state index contributed by atoms with van der Waals surface area (Å²) in [5, 5.41) is 14.3. The van der Waals surface area contributed by atoms with E-state index in [9.17, 15) is 14.4 Å². The van der Waals surface area contributed by atoms with Gasteiger partial charge in [-0.05, 0) is 61.7 Å². The number of carboxylic acids is 1. The summed E-state index contributed by atoms with van der Waals surface area (Å²) in [7, 11) is 0. The van der Waals surface area contributed by atoms with Crippen LogP contribution in [-0.2, 0) is 9.59 Å². The van der Waals surface area contributed by atoms with E-state index < -0.39 is 12.6 Å². The van der Waals surface area contributed by atoms with Crippen LogP contribution >= 0.6 is 0 Å². The number of carboxylic acid groups (broad SMARTS) is 1. The lowest BCUT2D eigenvalue weighted by molar-refractivity contribution is -0.139. The van der Waals surface area contributed by atoms with Gasteiger partial charge < -0.3 is 20.5 Å². The van der Waals surface area contributed by atoms with Gasteiger partial charge in [-0.3, -0.25) is 9.59 Å². The zero-order valence-corrected chi connectivity index (χ0v) is 15.7. The molecule has 0 saturated carbocycles. The standard InChI is InChI=1S/C20H22N2O5/c1-11-5-6-16(9-17(11)21-14(4)23)22-20(26)15-7-12(2)19(13(3)8-15)27-10-18(24)25/h5-9H,10H2,1-4H3,(H,21,23)(H,22,26)(H,24,25). The Morgan fingerprint density at radius 2 is 1.59 bits per heavy atom.